The van der Waals surface area contributed by atoms with Crippen LogP contribution in [0.1, 0.15) is 55.8 Å². The largest absolute Gasteiger partial charge is 0.497 e. The first-order valence-electron chi connectivity index (χ1n) is 10.8. The number of carbonyl (C=O) groups excluding carboxylic acids is 1. The molecule has 0 bridgehead atoms. The van der Waals surface area contributed by atoms with Gasteiger partial charge in [-0.2, -0.15) is 0 Å². The Bertz CT molecular complexity index is 1010. The van der Waals surface area contributed by atoms with Crippen molar-refractivity contribution < 1.29 is 14.3 Å². The summed E-state index contributed by atoms with van der Waals surface area (Å²) in [6.07, 6.45) is 2.10. The molecule has 0 spiro atoms. The molecule has 2 atom stereocenters. The van der Waals surface area contributed by atoms with Crippen molar-refractivity contribution in [2.24, 2.45) is 4.99 Å². The number of esters is 1. The van der Waals surface area contributed by atoms with Crippen LogP contribution in [0.25, 0.3) is 0 Å². The van der Waals surface area contributed by atoms with Crippen LogP contribution in [-0.2, 0) is 9.53 Å². The molecule has 0 amide bonds. The molecule has 3 aromatic rings. The van der Waals surface area contributed by atoms with E-state index in [0.29, 0.717) is 0 Å². The van der Waals surface area contributed by atoms with E-state index in [2.05, 4.69) is 12.1 Å². The van der Waals surface area contributed by atoms with Crippen molar-refractivity contribution in [2.45, 2.75) is 44.8 Å². The van der Waals surface area contributed by atoms with Crippen LogP contribution in [-0.4, -0.2) is 24.9 Å². The molecule has 0 N–H and O–H groups in total. The number of ether oxygens (including phenoxy) is 2. The Hall–Kier alpha value is -3.40. The van der Waals surface area contributed by atoms with Crippen LogP contribution in [0.3, 0.4) is 0 Å². The molecule has 0 saturated carbocycles. The lowest BCUT2D eigenvalue weighted by atomic mass is 9.85. The van der Waals surface area contributed by atoms with Gasteiger partial charge in [-0.1, -0.05) is 60.7 Å². The first-order chi connectivity index (χ1) is 15.4. The fourth-order valence-electron chi connectivity index (χ4n) is 3.60. The van der Waals surface area contributed by atoms with E-state index in [1.807, 2.05) is 99.8 Å². The predicted molar refractivity (Wildman–Crippen MR) is 129 cm³/mol. The highest BCUT2D eigenvalue weighted by molar-refractivity contribution is 5.80. The summed E-state index contributed by atoms with van der Waals surface area (Å²) < 4.78 is 10.9. The van der Waals surface area contributed by atoms with Crippen LogP contribution in [0.2, 0.25) is 0 Å². The first-order valence-corrected chi connectivity index (χ1v) is 10.8. The van der Waals surface area contributed by atoms with Gasteiger partial charge in [0.2, 0.25) is 0 Å². The number of aliphatic imine (C=N–C) groups is 1. The molecule has 0 fully saturated rings. The van der Waals surface area contributed by atoms with Gasteiger partial charge in [-0.25, -0.2) is 0 Å². The predicted octanol–water partition coefficient (Wildman–Crippen LogP) is 6.37. The molecule has 0 aliphatic rings. The number of carbonyl (C=O) groups is 1. The smallest absolute Gasteiger partial charge is 0.307 e. The maximum Gasteiger partial charge on any atom is 0.307 e. The number of hydrogen-bond donors (Lipinski definition) is 0. The van der Waals surface area contributed by atoms with Crippen LogP contribution in [0.4, 0.5) is 0 Å². The van der Waals surface area contributed by atoms with Crippen molar-refractivity contribution in [1.29, 1.82) is 0 Å². The summed E-state index contributed by atoms with van der Waals surface area (Å²) >= 11 is 0. The fourth-order valence-corrected chi connectivity index (χ4v) is 3.60. The molecular formula is C28H31NO3. The molecule has 166 valence electrons. The van der Waals surface area contributed by atoms with Gasteiger partial charge in [0.15, 0.2) is 0 Å². The molecule has 0 unspecified atom stereocenters. The van der Waals surface area contributed by atoms with Crippen LogP contribution in [0.15, 0.2) is 89.9 Å². The summed E-state index contributed by atoms with van der Waals surface area (Å²) in [5, 5.41) is 0. The summed E-state index contributed by atoms with van der Waals surface area (Å²) in [5.74, 6) is 0.406. The van der Waals surface area contributed by atoms with Gasteiger partial charge in [-0.15, -0.1) is 0 Å². The third-order valence-electron chi connectivity index (χ3n) is 5.06. The van der Waals surface area contributed by atoms with Gasteiger partial charge in [-0.05, 0) is 61.7 Å². The van der Waals surface area contributed by atoms with Gasteiger partial charge in [-0.3, -0.25) is 9.79 Å². The summed E-state index contributed by atoms with van der Waals surface area (Å²) in [6.45, 7) is 5.66. The summed E-state index contributed by atoms with van der Waals surface area (Å²) in [7, 11) is 1.65. The van der Waals surface area contributed by atoms with E-state index in [0.717, 1.165) is 22.4 Å². The Morgan fingerprint density at radius 2 is 1.44 bits per heavy atom. The van der Waals surface area contributed by atoms with E-state index in [1.54, 1.807) is 7.11 Å². The third-order valence-corrected chi connectivity index (χ3v) is 5.06. The molecule has 0 aliphatic carbocycles. The van der Waals surface area contributed by atoms with Crippen molar-refractivity contribution in [2.75, 3.05) is 7.11 Å². The molecular weight excluding hydrogens is 398 g/mol. The van der Waals surface area contributed by atoms with Crippen LogP contribution in [0, 0.1) is 0 Å². The second-order valence-electron chi connectivity index (χ2n) is 8.71. The van der Waals surface area contributed by atoms with E-state index in [4.69, 9.17) is 14.5 Å². The minimum absolute atomic E-state index is 0.164. The van der Waals surface area contributed by atoms with Crippen molar-refractivity contribution in [3.05, 3.63) is 102 Å². The zero-order chi connectivity index (χ0) is 23.0. The van der Waals surface area contributed by atoms with Gasteiger partial charge < -0.3 is 9.47 Å². The van der Waals surface area contributed by atoms with Crippen molar-refractivity contribution in [1.82, 2.24) is 0 Å². The normalized spacial score (nSPS) is 13.5. The number of nitrogens with zero attached hydrogens (tertiary/aromatic N) is 1. The topological polar surface area (TPSA) is 47.9 Å². The highest BCUT2D eigenvalue weighted by Gasteiger charge is 2.29. The Morgan fingerprint density at radius 3 is 1.97 bits per heavy atom. The van der Waals surface area contributed by atoms with Crippen LogP contribution < -0.4 is 4.74 Å². The lowest BCUT2D eigenvalue weighted by Crippen LogP contribution is -2.26. The number of benzene rings is 3. The molecule has 4 heteroatoms. The van der Waals surface area contributed by atoms with Crippen molar-refractivity contribution in [3.8, 4) is 5.75 Å². The number of methoxy groups -OCH3 is 1. The van der Waals surface area contributed by atoms with Crippen molar-refractivity contribution in [3.63, 3.8) is 0 Å². The lowest BCUT2D eigenvalue weighted by Gasteiger charge is -2.27. The van der Waals surface area contributed by atoms with E-state index < -0.39 is 5.60 Å². The Morgan fingerprint density at radius 1 is 0.875 bits per heavy atom. The molecule has 3 aromatic carbocycles. The van der Waals surface area contributed by atoms with Gasteiger partial charge in [0.1, 0.15) is 11.4 Å². The molecule has 3 rings (SSSR count). The van der Waals surface area contributed by atoms with Gasteiger partial charge >= 0.3 is 5.97 Å². The average Bonchev–Trinajstić information content (AvgIpc) is 2.79. The minimum Gasteiger partial charge on any atom is -0.497 e. The maximum atomic E-state index is 12.8. The minimum atomic E-state index is -0.535. The molecule has 32 heavy (non-hydrogen) atoms. The van der Waals surface area contributed by atoms with Crippen LogP contribution in [0.5, 0.6) is 5.75 Å². The Kier molecular flexibility index (Phi) is 7.82. The Balaban J connectivity index is 1.98. The van der Waals surface area contributed by atoms with Crippen LogP contribution >= 0.6 is 0 Å². The van der Waals surface area contributed by atoms with E-state index in [1.165, 1.54) is 0 Å². The Labute approximate surface area is 190 Å². The van der Waals surface area contributed by atoms with Crippen molar-refractivity contribution >= 4 is 12.2 Å². The molecule has 0 saturated heterocycles. The van der Waals surface area contributed by atoms with E-state index in [9.17, 15) is 4.79 Å². The average molecular weight is 430 g/mol. The van der Waals surface area contributed by atoms with Gasteiger partial charge in [0, 0.05) is 12.1 Å². The summed E-state index contributed by atoms with van der Waals surface area (Å²) in [6, 6.07) is 27.7. The summed E-state index contributed by atoms with van der Waals surface area (Å²) in [5.41, 5.74) is 2.54. The zero-order valence-corrected chi connectivity index (χ0v) is 19.2. The lowest BCUT2D eigenvalue weighted by molar-refractivity contribution is -0.155. The highest BCUT2D eigenvalue weighted by Crippen LogP contribution is 2.37. The second-order valence-corrected chi connectivity index (χ2v) is 8.71. The van der Waals surface area contributed by atoms with E-state index >= 15 is 0 Å². The fraction of sp³-hybridized carbons (Fsp3) is 0.286. The molecule has 4 nitrogen and oxygen atoms in total. The highest BCUT2D eigenvalue weighted by atomic mass is 16.6. The van der Waals surface area contributed by atoms with Gasteiger partial charge in [0.05, 0.1) is 19.6 Å². The molecule has 0 aromatic heterocycles. The molecule has 0 aliphatic heterocycles. The third kappa shape index (κ3) is 6.81. The maximum absolute atomic E-state index is 12.8. The SMILES string of the molecule is COc1ccc(C=N[C@H](c2ccccc2)[C@H](CC(=O)OC(C)(C)C)c2ccccc2)cc1. The number of rotatable bonds is 8. The first kappa shape index (κ1) is 23.3. The van der Waals surface area contributed by atoms with Gasteiger partial charge in [0.25, 0.3) is 0 Å². The number of hydrogen-bond acceptors (Lipinski definition) is 4. The monoisotopic (exact) mass is 429 g/mol. The summed E-state index contributed by atoms with van der Waals surface area (Å²) in [4.78, 5) is 17.8. The molecule has 0 radical (unpaired) electrons. The zero-order valence-electron chi connectivity index (χ0n) is 19.2. The second kappa shape index (κ2) is 10.8. The van der Waals surface area contributed by atoms with E-state index in [-0.39, 0.29) is 24.3 Å². The quantitative estimate of drug-likeness (QED) is 0.309. The molecule has 0 heterocycles. The standard InChI is InChI=1S/C28H31NO3/c1-28(2,3)32-26(30)19-25(22-11-7-5-8-12-22)27(23-13-9-6-10-14-23)29-20-21-15-17-24(31-4)18-16-21/h5-18,20,25,27H,19H2,1-4H3/t25-,27-/m1/s1.